The summed E-state index contributed by atoms with van der Waals surface area (Å²) in [6, 6.07) is 8.83. The zero-order chi connectivity index (χ0) is 16.1. The highest BCUT2D eigenvalue weighted by molar-refractivity contribution is 5.27. The maximum atomic E-state index is 5.64. The van der Waals surface area contributed by atoms with Gasteiger partial charge in [-0.1, -0.05) is 29.8 Å². The quantitative estimate of drug-likeness (QED) is 0.823. The molecule has 4 saturated carbocycles. The summed E-state index contributed by atoms with van der Waals surface area (Å²) in [7, 11) is 0. The molecule has 1 heterocycles. The molecular weight excluding hydrogens is 296 g/mol. The third-order valence-corrected chi connectivity index (χ3v) is 6.86. The number of benzene rings is 1. The van der Waals surface area contributed by atoms with Crippen molar-refractivity contribution in [2.24, 2.45) is 17.8 Å². The monoisotopic (exact) mass is 322 g/mol. The van der Waals surface area contributed by atoms with Crippen LogP contribution in [0.2, 0.25) is 0 Å². The molecule has 0 radical (unpaired) electrons. The van der Waals surface area contributed by atoms with Crippen molar-refractivity contribution in [3.8, 4) is 0 Å². The first-order chi connectivity index (χ1) is 11.7. The van der Waals surface area contributed by atoms with E-state index < -0.39 is 0 Å². The Labute approximate surface area is 143 Å². The molecule has 0 aliphatic heterocycles. The van der Waals surface area contributed by atoms with Gasteiger partial charge in [0, 0.05) is 17.1 Å². The summed E-state index contributed by atoms with van der Waals surface area (Å²) >= 11 is 0. The van der Waals surface area contributed by atoms with Gasteiger partial charge in [-0.05, 0) is 75.2 Å². The van der Waals surface area contributed by atoms with Crippen LogP contribution >= 0.6 is 0 Å². The molecule has 4 fully saturated rings. The lowest BCUT2D eigenvalue weighted by Gasteiger charge is -2.56. The second kappa shape index (κ2) is 5.44. The number of aromatic nitrogens is 2. The fraction of sp³-hybridized carbons (Fsp3) is 0.619. The maximum absolute atomic E-state index is 5.64. The van der Waals surface area contributed by atoms with E-state index in [1.54, 1.807) is 0 Å². The summed E-state index contributed by atoms with van der Waals surface area (Å²) in [5.74, 6) is 3.84. The van der Waals surface area contributed by atoms with E-state index >= 15 is 0 Å². The second-order valence-corrected chi connectivity index (χ2v) is 8.73. The van der Waals surface area contributed by atoms with Crippen molar-refractivity contribution in [2.45, 2.75) is 63.7 Å². The van der Waals surface area contributed by atoms with E-state index in [0.717, 1.165) is 36.4 Å². The van der Waals surface area contributed by atoms with Crippen LogP contribution in [0.15, 0.2) is 28.8 Å². The largest absolute Gasteiger partial charge is 0.342 e. The van der Waals surface area contributed by atoms with Crippen molar-refractivity contribution in [3.63, 3.8) is 0 Å². The van der Waals surface area contributed by atoms with Crippen LogP contribution in [0.3, 0.4) is 0 Å². The Bertz CT molecular complexity index is 695. The molecule has 4 bridgehead atoms. The van der Waals surface area contributed by atoms with Gasteiger partial charge in [0.25, 0.3) is 0 Å². The Balaban J connectivity index is 1.38. The smallest absolute Gasteiger partial charge is 0.161 e. The molecule has 0 saturated heterocycles. The Hall–Kier alpha value is -1.64. The summed E-state index contributed by atoms with van der Waals surface area (Å²) in [6.07, 6.45) is 10.3. The van der Waals surface area contributed by atoms with Gasteiger partial charge in [-0.25, -0.2) is 0 Å². The van der Waals surface area contributed by atoms with Gasteiger partial charge in [-0.3, -0.25) is 0 Å². The average molecular weight is 322 g/mol. The first-order valence-electron chi connectivity index (χ1n) is 9.57. The Kier molecular flexibility index (Phi) is 3.33. The van der Waals surface area contributed by atoms with Crippen LogP contribution in [-0.2, 0) is 18.3 Å². The third kappa shape index (κ3) is 2.40. The molecule has 2 aromatic rings. The highest BCUT2D eigenvalue weighted by Gasteiger charge is 2.53. The normalized spacial score (nSPS) is 34.0. The molecule has 126 valence electrons. The van der Waals surface area contributed by atoms with E-state index in [0.29, 0.717) is 0 Å². The van der Waals surface area contributed by atoms with E-state index in [9.17, 15) is 0 Å². The van der Waals surface area contributed by atoms with Crippen LogP contribution in [-0.4, -0.2) is 10.4 Å². The molecule has 6 rings (SSSR count). The predicted molar refractivity (Wildman–Crippen MR) is 92.7 cm³/mol. The fourth-order valence-electron chi connectivity index (χ4n) is 6.19. The first kappa shape index (κ1) is 14.7. The van der Waals surface area contributed by atoms with Gasteiger partial charge in [0.2, 0.25) is 0 Å². The third-order valence-electron chi connectivity index (χ3n) is 6.86. The number of aryl methyl sites for hydroxylation is 3. The van der Waals surface area contributed by atoms with Crippen LogP contribution < -0.4 is 0 Å². The van der Waals surface area contributed by atoms with Crippen LogP contribution in [0.4, 0.5) is 0 Å². The minimum atomic E-state index is 0.289. The average Bonchev–Trinajstić information content (AvgIpc) is 3.02. The lowest BCUT2D eigenvalue weighted by atomic mass is 9.48. The lowest BCUT2D eigenvalue weighted by molar-refractivity contribution is -0.00782. The predicted octanol–water partition coefficient (Wildman–Crippen LogP) is 4.63. The van der Waals surface area contributed by atoms with Crippen LogP contribution in [0.25, 0.3) is 0 Å². The highest BCUT2D eigenvalue weighted by Crippen LogP contribution is 2.60. The number of rotatable bonds is 4. The van der Waals surface area contributed by atoms with E-state index in [-0.39, 0.29) is 5.41 Å². The Morgan fingerprint density at radius 3 is 2.21 bits per heavy atom. The molecule has 0 unspecified atom stereocenters. The van der Waals surface area contributed by atoms with Crippen molar-refractivity contribution in [1.29, 1.82) is 0 Å². The number of hydrogen-bond donors (Lipinski definition) is 0. The van der Waals surface area contributed by atoms with E-state index in [2.05, 4.69) is 41.6 Å². The van der Waals surface area contributed by atoms with Gasteiger partial charge in [-0.15, -0.1) is 5.10 Å². The first-order valence-corrected chi connectivity index (χ1v) is 9.57. The van der Waals surface area contributed by atoms with Crippen LogP contribution in [0, 0.1) is 24.7 Å². The van der Waals surface area contributed by atoms with E-state index in [4.69, 9.17) is 4.52 Å². The molecule has 0 spiro atoms. The standard InChI is InChI=1S/C21H26N2O/c1-14-2-4-15(5-3-14)6-7-19-20(22-23-24-19)21-11-16-8-17(12-21)10-18(9-16)13-21/h2-5,16-18H,6-13H2,1H3. The van der Waals surface area contributed by atoms with Crippen molar-refractivity contribution < 1.29 is 4.52 Å². The highest BCUT2D eigenvalue weighted by atomic mass is 16.5. The molecular formula is C21H26N2O. The lowest BCUT2D eigenvalue weighted by Crippen LogP contribution is -2.49. The zero-order valence-corrected chi connectivity index (χ0v) is 14.5. The summed E-state index contributed by atoms with van der Waals surface area (Å²) in [5, 5.41) is 8.50. The van der Waals surface area contributed by atoms with Crippen LogP contribution in [0.1, 0.15) is 61.1 Å². The molecule has 4 aliphatic carbocycles. The SMILES string of the molecule is Cc1ccc(CCc2onnc2C23CC4CC(CC(C4)C2)C3)cc1. The van der Waals surface area contributed by atoms with Crippen molar-refractivity contribution in [2.75, 3.05) is 0 Å². The van der Waals surface area contributed by atoms with Gasteiger partial charge < -0.3 is 4.52 Å². The molecule has 0 amide bonds. The Morgan fingerprint density at radius 1 is 0.958 bits per heavy atom. The van der Waals surface area contributed by atoms with Gasteiger partial charge in [0.15, 0.2) is 5.76 Å². The molecule has 0 N–H and O–H groups in total. The van der Waals surface area contributed by atoms with Gasteiger partial charge in [0.1, 0.15) is 5.69 Å². The van der Waals surface area contributed by atoms with Crippen molar-refractivity contribution >= 4 is 0 Å². The molecule has 3 nitrogen and oxygen atoms in total. The number of hydrogen-bond acceptors (Lipinski definition) is 3. The van der Waals surface area contributed by atoms with Crippen molar-refractivity contribution in [1.82, 2.24) is 10.4 Å². The molecule has 0 atom stereocenters. The zero-order valence-electron chi connectivity index (χ0n) is 14.5. The summed E-state index contributed by atoms with van der Waals surface area (Å²) in [5.41, 5.74) is 4.19. The molecule has 24 heavy (non-hydrogen) atoms. The minimum absolute atomic E-state index is 0.289. The van der Waals surface area contributed by atoms with E-state index in [1.165, 1.54) is 55.3 Å². The van der Waals surface area contributed by atoms with Crippen molar-refractivity contribution in [3.05, 3.63) is 46.8 Å². The van der Waals surface area contributed by atoms with Gasteiger partial charge in [0.05, 0.1) is 0 Å². The molecule has 1 aromatic heterocycles. The van der Waals surface area contributed by atoms with E-state index in [1.807, 2.05) is 0 Å². The Morgan fingerprint density at radius 2 is 1.58 bits per heavy atom. The fourth-order valence-corrected chi connectivity index (χ4v) is 6.19. The van der Waals surface area contributed by atoms with Gasteiger partial charge >= 0.3 is 0 Å². The number of nitrogens with zero attached hydrogens (tertiary/aromatic N) is 2. The summed E-state index contributed by atoms with van der Waals surface area (Å²) < 4.78 is 5.64. The molecule has 1 aromatic carbocycles. The van der Waals surface area contributed by atoms with Gasteiger partial charge in [-0.2, -0.15) is 0 Å². The van der Waals surface area contributed by atoms with Crippen LogP contribution in [0.5, 0.6) is 0 Å². The summed E-state index contributed by atoms with van der Waals surface area (Å²) in [6.45, 7) is 2.13. The topological polar surface area (TPSA) is 38.9 Å². The maximum Gasteiger partial charge on any atom is 0.161 e. The molecule has 4 aliphatic rings. The summed E-state index contributed by atoms with van der Waals surface area (Å²) in [4.78, 5) is 0. The molecule has 3 heteroatoms. The second-order valence-electron chi connectivity index (χ2n) is 8.73. The minimum Gasteiger partial charge on any atom is -0.342 e.